The minimum atomic E-state index is -0.532. The molecule has 0 amide bonds. The van der Waals surface area contributed by atoms with E-state index >= 15 is 0 Å². The lowest BCUT2D eigenvalue weighted by Crippen LogP contribution is -2.38. The standard InChI is InChI=1S/C9H19NO3/c1-4-13-9(11)8(10)7(2)5-6-12-3/h7-8H,4-6,10H2,1-3H3. The average Bonchev–Trinajstić information content (AvgIpc) is 2.13. The first-order chi connectivity index (χ1) is 6.13. The molecule has 0 heterocycles. The highest BCUT2D eigenvalue weighted by atomic mass is 16.5. The third-order valence-electron chi connectivity index (χ3n) is 1.95. The molecule has 0 spiro atoms. The van der Waals surface area contributed by atoms with Crippen LogP contribution in [0.4, 0.5) is 0 Å². The van der Waals surface area contributed by atoms with Gasteiger partial charge in [-0.05, 0) is 19.3 Å². The van der Waals surface area contributed by atoms with Crippen LogP contribution >= 0.6 is 0 Å². The topological polar surface area (TPSA) is 61.5 Å². The Hall–Kier alpha value is -0.610. The summed E-state index contributed by atoms with van der Waals surface area (Å²) in [6.45, 7) is 4.68. The van der Waals surface area contributed by atoms with Gasteiger partial charge >= 0.3 is 5.97 Å². The molecule has 0 rings (SSSR count). The quantitative estimate of drug-likeness (QED) is 0.620. The molecular weight excluding hydrogens is 170 g/mol. The molecule has 0 saturated heterocycles. The molecule has 4 nitrogen and oxygen atoms in total. The summed E-state index contributed by atoms with van der Waals surface area (Å²) < 4.78 is 9.69. The Kier molecular flexibility index (Phi) is 6.54. The van der Waals surface area contributed by atoms with E-state index < -0.39 is 6.04 Å². The van der Waals surface area contributed by atoms with Gasteiger partial charge in [0.25, 0.3) is 0 Å². The molecule has 2 atom stereocenters. The molecule has 0 aliphatic carbocycles. The van der Waals surface area contributed by atoms with Crippen molar-refractivity contribution in [3.05, 3.63) is 0 Å². The van der Waals surface area contributed by atoms with Crippen molar-refractivity contribution in [3.8, 4) is 0 Å². The van der Waals surface area contributed by atoms with Crippen molar-refractivity contribution in [3.63, 3.8) is 0 Å². The maximum Gasteiger partial charge on any atom is 0.323 e. The highest BCUT2D eigenvalue weighted by Gasteiger charge is 2.21. The number of hydrogen-bond donors (Lipinski definition) is 1. The van der Waals surface area contributed by atoms with Gasteiger partial charge in [-0.1, -0.05) is 6.92 Å². The zero-order valence-corrected chi connectivity index (χ0v) is 8.58. The van der Waals surface area contributed by atoms with Gasteiger partial charge in [-0.3, -0.25) is 4.79 Å². The summed E-state index contributed by atoms with van der Waals surface area (Å²) >= 11 is 0. The van der Waals surface area contributed by atoms with Crippen LogP contribution in [0.1, 0.15) is 20.3 Å². The van der Waals surface area contributed by atoms with Gasteiger partial charge in [0, 0.05) is 13.7 Å². The SMILES string of the molecule is CCOC(=O)C(N)C(C)CCOC. The van der Waals surface area contributed by atoms with Crippen LogP contribution in [0.15, 0.2) is 0 Å². The van der Waals surface area contributed by atoms with Crippen molar-refractivity contribution in [1.82, 2.24) is 0 Å². The lowest BCUT2D eigenvalue weighted by molar-refractivity contribution is -0.146. The Bertz CT molecular complexity index is 150. The summed E-state index contributed by atoms with van der Waals surface area (Å²) in [4.78, 5) is 11.2. The van der Waals surface area contributed by atoms with E-state index in [9.17, 15) is 4.79 Å². The molecule has 2 unspecified atom stereocenters. The van der Waals surface area contributed by atoms with Crippen LogP contribution in [0.5, 0.6) is 0 Å². The molecule has 0 saturated carbocycles. The first kappa shape index (κ1) is 12.4. The second-order valence-corrected chi connectivity index (χ2v) is 3.04. The number of rotatable bonds is 6. The van der Waals surface area contributed by atoms with Crippen molar-refractivity contribution in [2.24, 2.45) is 11.7 Å². The number of nitrogens with two attached hydrogens (primary N) is 1. The molecule has 0 aromatic carbocycles. The third-order valence-corrected chi connectivity index (χ3v) is 1.95. The molecule has 0 radical (unpaired) electrons. The van der Waals surface area contributed by atoms with E-state index in [2.05, 4.69) is 0 Å². The second-order valence-electron chi connectivity index (χ2n) is 3.04. The predicted octanol–water partition coefficient (Wildman–Crippen LogP) is 0.549. The molecule has 0 aliphatic rings. The molecular formula is C9H19NO3. The van der Waals surface area contributed by atoms with Crippen molar-refractivity contribution >= 4 is 5.97 Å². The highest BCUT2D eigenvalue weighted by molar-refractivity contribution is 5.75. The van der Waals surface area contributed by atoms with Crippen LogP contribution in [0.2, 0.25) is 0 Å². The highest BCUT2D eigenvalue weighted by Crippen LogP contribution is 2.07. The van der Waals surface area contributed by atoms with Crippen LogP contribution in [0.25, 0.3) is 0 Å². The van der Waals surface area contributed by atoms with Gasteiger partial charge in [0.2, 0.25) is 0 Å². The van der Waals surface area contributed by atoms with Gasteiger partial charge in [0.05, 0.1) is 6.61 Å². The summed E-state index contributed by atoms with van der Waals surface area (Å²) in [7, 11) is 1.63. The van der Waals surface area contributed by atoms with Gasteiger partial charge in [0.1, 0.15) is 6.04 Å². The monoisotopic (exact) mass is 189 g/mol. The van der Waals surface area contributed by atoms with Gasteiger partial charge in [-0.2, -0.15) is 0 Å². The lowest BCUT2D eigenvalue weighted by Gasteiger charge is -2.17. The molecule has 78 valence electrons. The maximum absolute atomic E-state index is 11.2. The van der Waals surface area contributed by atoms with E-state index in [1.54, 1.807) is 14.0 Å². The smallest absolute Gasteiger partial charge is 0.323 e. The minimum Gasteiger partial charge on any atom is -0.465 e. The largest absolute Gasteiger partial charge is 0.465 e. The first-order valence-electron chi connectivity index (χ1n) is 4.54. The van der Waals surface area contributed by atoms with Crippen LogP contribution in [-0.2, 0) is 14.3 Å². The fourth-order valence-corrected chi connectivity index (χ4v) is 0.954. The van der Waals surface area contributed by atoms with E-state index in [0.717, 1.165) is 6.42 Å². The van der Waals surface area contributed by atoms with Gasteiger partial charge in [0.15, 0.2) is 0 Å². The molecule has 4 heteroatoms. The summed E-state index contributed by atoms with van der Waals surface area (Å²) in [5.41, 5.74) is 5.66. The fraction of sp³-hybridized carbons (Fsp3) is 0.889. The van der Waals surface area contributed by atoms with E-state index in [4.69, 9.17) is 15.2 Å². The zero-order valence-electron chi connectivity index (χ0n) is 8.58. The number of methoxy groups -OCH3 is 1. The molecule has 0 aromatic rings. The molecule has 0 bridgehead atoms. The summed E-state index contributed by atoms with van der Waals surface area (Å²) in [6.07, 6.45) is 0.774. The van der Waals surface area contributed by atoms with Gasteiger partial charge < -0.3 is 15.2 Å². The minimum absolute atomic E-state index is 0.0963. The summed E-state index contributed by atoms with van der Waals surface area (Å²) in [6, 6.07) is -0.532. The van der Waals surface area contributed by atoms with Gasteiger partial charge in [-0.25, -0.2) is 0 Å². The van der Waals surface area contributed by atoms with E-state index in [0.29, 0.717) is 13.2 Å². The second kappa shape index (κ2) is 6.86. The van der Waals surface area contributed by atoms with Crippen molar-refractivity contribution in [1.29, 1.82) is 0 Å². The van der Waals surface area contributed by atoms with Gasteiger partial charge in [-0.15, -0.1) is 0 Å². The zero-order chi connectivity index (χ0) is 10.3. The van der Waals surface area contributed by atoms with Crippen molar-refractivity contribution < 1.29 is 14.3 Å². The molecule has 13 heavy (non-hydrogen) atoms. The Morgan fingerprint density at radius 2 is 2.15 bits per heavy atom. The number of hydrogen-bond acceptors (Lipinski definition) is 4. The van der Waals surface area contributed by atoms with Crippen molar-refractivity contribution in [2.75, 3.05) is 20.3 Å². The Labute approximate surface area is 79.4 Å². The molecule has 0 fully saturated rings. The van der Waals surface area contributed by atoms with E-state index in [1.165, 1.54) is 0 Å². The Morgan fingerprint density at radius 3 is 2.62 bits per heavy atom. The maximum atomic E-state index is 11.2. The van der Waals surface area contributed by atoms with E-state index in [1.807, 2.05) is 6.92 Å². The normalized spacial score (nSPS) is 15.1. The summed E-state index contributed by atoms with van der Waals surface area (Å²) in [5.74, 6) is -0.231. The van der Waals surface area contributed by atoms with Crippen LogP contribution in [0.3, 0.4) is 0 Å². The van der Waals surface area contributed by atoms with Crippen LogP contribution in [-0.4, -0.2) is 32.3 Å². The molecule has 2 N–H and O–H groups in total. The number of carbonyl (C=O) groups excluding carboxylic acids is 1. The van der Waals surface area contributed by atoms with Crippen LogP contribution in [0, 0.1) is 5.92 Å². The first-order valence-corrected chi connectivity index (χ1v) is 4.54. The number of esters is 1. The van der Waals surface area contributed by atoms with E-state index in [-0.39, 0.29) is 11.9 Å². The summed E-state index contributed by atoms with van der Waals surface area (Å²) in [5, 5.41) is 0. The third kappa shape index (κ3) is 4.85. The predicted molar refractivity (Wildman–Crippen MR) is 50.3 cm³/mol. The van der Waals surface area contributed by atoms with Crippen LogP contribution < -0.4 is 5.73 Å². The number of carbonyl (C=O) groups is 1. The lowest BCUT2D eigenvalue weighted by atomic mass is 10.00. The fourth-order valence-electron chi connectivity index (χ4n) is 0.954. The average molecular weight is 189 g/mol. The van der Waals surface area contributed by atoms with Crippen molar-refractivity contribution in [2.45, 2.75) is 26.3 Å². The molecule has 0 aromatic heterocycles. The Balaban J connectivity index is 3.79. The Morgan fingerprint density at radius 1 is 1.54 bits per heavy atom. The number of ether oxygens (including phenoxy) is 2. The molecule has 0 aliphatic heterocycles.